The fourth-order valence-electron chi connectivity index (χ4n) is 2.72. The molecule has 1 aromatic heterocycles. The molecule has 0 aliphatic heterocycles. The van der Waals surface area contributed by atoms with Crippen LogP contribution < -0.4 is 15.4 Å². The Kier molecular flexibility index (Phi) is 8.11. The van der Waals surface area contributed by atoms with Crippen molar-refractivity contribution in [1.82, 2.24) is 15.6 Å². The van der Waals surface area contributed by atoms with Crippen molar-refractivity contribution in [1.29, 1.82) is 0 Å². The SMILES string of the molecule is CN=C(NCc1ccc(COCC(F)(F)F)cc1)NCc1ccc(OCC2CC2)nc1. The van der Waals surface area contributed by atoms with Gasteiger partial charge in [-0.15, -0.1) is 0 Å². The van der Waals surface area contributed by atoms with Crippen molar-refractivity contribution < 1.29 is 22.6 Å². The summed E-state index contributed by atoms with van der Waals surface area (Å²) >= 11 is 0. The maximum absolute atomic E-state index is 12.1. The lowest BCUT2D eigenvalue weighted by atomic mass is 10.1. The molecule has 6 nitrogen and oxygen atoms in total. The molecule has 0 bridgehead atoms. The summed E-state index contributed by atoms with van der Waals surface area (Å²) in [5.41, 5.74) is 2.67. The van der Waals surface area contributed by atoms with Gasteiger partial charge in [-0.1, -0.05) is 30.3 Å². The maximum Gasteiger partial charge on any atom is 0.411 e. The van der Waals surface area contributed by atoms with Gasteiger partial charge in [0.15, 0.2) is 5.96 Å². The zero-order valence-electron chi connectivity index (χ0n) is 17.4. The third-order valence-corrected chi connectivity index (χ3v) is 4.66. The summed E-state index contributed by atoms with van der Waals surface area (Å²) in [5, 5.41) is 6.42. The lowest BCUT2D eigenvalue weighted by molar-refractivity contribution is -0.176. The standard InChI is InChI=1S/C22H27F3N4O2/c1-26-21(29-12-19-8-9-20(27-11-19)31-14-18-6-7-18)28-10-16-2-4-17(5-3-16)13-30-15-22(23,24)25/h2-5,8-9,11,18H,6-7,10,12-15H2,1H3,(H2,26,28,29). The average molecular weight is 436 g/mol. The quantitative estimate of drug-likeness (QED) is 0.438. The third-order valence-electron chi connectivity index (χ3n) is 4.66. The number of nitrogens with zero attached hydrogens (tertiary/aromatic N) is 2. The Morgan fingerprint density at radius 1 is 1.03 bits per heavy atom. The summed E-state index contributed by atoms with van der Waals surface area (Å²) in [6.07, 6.45) is -0.0416. The van der Waals surface area contributed by atoms with Crippen LogP contribution in [-0.2, 0) is 24.4 Å². The van der Waals surface area contributed by atoms with Gasteiger partial charge >= 0.3 is 6.18 Å². The van der Waals surface area contributed by atoms with Crippen LogP contribution in [0, 0.1) is 5.92 Å². The van der Waals surface area contributed by atoms with Gasteiger partial charge in [0.05, 0.1) is 13.2 Å². The molecule has 1 aliphatic carbocycles. The largest absolute Gasteiger partial charge is 0.477 e. The molecule has 0 amide bonds. The molecule has 1 fully saturated rings. The molecule has 1 saturated carbocycles. The Morgan fingerprint density at radius 2 is 1.68 bits per heavy atom. The summed E-state index contributed by atoms with van der Waals surface area (Å²) in [6.45, 7) is 0.502. The summed E-state index contributed by atoms with van der Waals surface area (Å²) < 4.78 is 46.7. The number of hydrogen-bond donors (Lipinski definition) is 2. The highest BCUT2D eigenvalue weighted by Crippen LogP contribution is 2.29. The Labute approximate surface area is 179 Å². The molecule has 31 heavy (non-hydrogen) atoms. The number of pyridine rings is 1. The van der Waals surface area contributed by atoms with Gasteiger partial charge < -0.3 is 20.1 Å². The highest BCUT2D eigenvalue weighted by Gasteiger charge is 2.27. The number of benzene rings is 1. The van der Waals surface area contributed by atoms with Crippen LogP contribution in [0.3, 0.4) is 0 Å². The lowest BCUT2D eigenvalue weighted by Crippen LogP contribution is -2.36. The van der Waals surface area contributed by atoms with Crippen LogP contribution in [0.25, 0.3) is 0 Å². The molecule has 3 rings (SSSR count). The molecular weight excluding hydrogens is 409 g/mol. The van der Waals surface area contributed by atoms with Crippen molar-refractivity contribution in [3.05, 3.63) is 59.3 Å². The monoisotopic (exact) mass is 436 g/mol. The molecular formula is C22H27F3N4O2. The molecule has 1 heterocycles. The minimum Gasteiger partial charge on any atom is -0.477 e. The lowest BCUT2D eigenvalue weighted by Gasteiger charge is -2.13. The number of halogens is 3. The number of guanidine groups is 1. The molecule has 0 atom stereocenters. The molecule has 0 spiro atoms. The van der Waals surface area contributed by atoms with Crippen LogP contribution >= 0.6 is 0 Å². The second-order valence-electron chi connectivity index (χ2n) is 7.46. The van der Waals surface area contributed by atoms with Gasteiger partial charge in [0.1, 0.15) is 6.61 Å². The van der Waals surface area contributed by atoms with E-state index in [-0.39, 0.29) is 6.61 Å². The molecule has 168 valence electrons. The third kappa shape index (κ3) is 8.84. The van der Waals surface area contributed by atoms with E-state index in [1.807, 2.05) is 24.3 Å². The highest BCUT2D eigenvalue weighted by molar-refractivity contribution is 5.79. The Hall–Kier alpha value is -2.81. The zero-order chi connectivity index (χ0) is 22.1. The second kappa shape index (κ2) is 11.0. The van der Waals surface area contributed by atoms with E-state index < -0.39 is 12.8 Å². The summed E-state index contributed by atoms with van der Waals surface area (Å²) in [5.74, 6) is 1.97. The highest BCUT2D eigenvalue weighted by atomic mass is 19.4. The number of ether oxygens (including phenoxy) is 2. The molecule has 1 aliphatic rings. The Bertz CT molecular complexity index is 835. The minimum atomic E-state index is -4.31. The average Bonchev–Trinajstić information content (AvgIpc) is 3.58. The second-order valence-corrected chi connectivity index (χ2v) is 7.46. The molecule has 0 radical (unpaired) electrons. The first kappa shape index (κ1) is 22.9. The summed E-state index contributed by atoms with van der Waals surface area (Å²) in [6, 6.07) is 11.0. The fourth-order valence-corrected chi connectivity index (χ4v) is 2.72. The summed E-state index contributed by atoms with van der Waals surface area (Å²) in [7, 11) is 1.68. The number of rotatable bonds is 10. The van der Waals surface area contributed by atoms with Crippen molar-refractivity contribution >= 4 is 5.96 Å². The molecule has 0 unspecified atom stereocenters. The van der Waals surface area contributed by atoms with Crippen LogP contribution in [0.1, 0.15) is 29.5 Å². The van der Waals surface area contributed by atoms with E-state index in [0.29, 0.717) is 36.4 Å². The first-order valence-electron chi connectivity index (χ1n) is 10.2. The molecule has 0 saturated heterocycles. The van der Waals surface area contributed by atoms with Crippen LogP contribution in [0.2, 0.25) is 0 Å². The number of aliphatic imine (C=N–C) groups is 1. The van der Waals surface area contributed by atoms with Gasteiger partial charge in [-0.3, -0.25) is 4.99 Å². The summed E-state index contributed by atoms with van der Waals surface area (Å²) in [4.78, 5) is 8.52. The Balaban J connectivity index is 1.37. The predicted molar refractivity (Wildman–Crippen MR) is 112 cm³/mol. The number of alkyl halides is 3. The van der Waals surface area contributed by atoms with E-state index in [4.69, 9.17) is 4.74 Å². The normalized spacial score (nSPS) is 14.4. The van der Waals surface area contributed by atoms with Crippen LogP contribution in [0.5, 0.6) is 5.88 Å². The number of nitrogens with one attached hydrogen (secondary N) is 2. The van der Waals surface area contributed by atoms with E-state index in [2.05, 4.69) is 25.3 Å². The van der Waals surface area contributed by atoms with E-state index >= 15 is 0 Å². The molecule has 2 N–H and O–H groups in total. The van der Waals surface area contributed by atoms with Crippen molar-refractivity contribution in [2.45, 2.75) is 38.7 Å². The van der Waals surface area contributed by atoms with Crippen molar-refractivity contribution in [3.8, 4) is 5.88 Å². The van der Waals surface area contributed by atoms with Gasteiger partial charge in [-0.25, -0.2) is 4.98 Å². The van der Waals surface area contributed by atoms with E-state index in [9.17, 15) is 13.2 Å². The van der Waals surface area contributed by atoms with Crippen molar-refractivity contribution in [2.24, 2.45) is 10.9 Å². The topological polar surface area (TPSA) is 67.8 Å². The zero-order valence-corrected chi connectivity index (χ0v) is 17.4. The molecule has 2 aromatic rings. The molecule has 1 aromatic carbocycles. The number of hydrogen-bond acceptors (Lipinski definition) is 4. The van der Waals surface area contributed by atoms with Crippen LogP contribution in [-0.4, -0.2) is 37.4 Å². The van der Waals surface area contributed by atoms with Crippen LogP contribution in [0.15, 0.2) is 47.6 Å². The van der Waals surface area contributed by atoms with Gasteiger partial charge in [-0.05, 0) is 35.4 Å². The Morgan fingerprint density at radius 3 is 2.26 bits per heavy atom. The van der Waals surface area contributed by atoms with Gasteiger partial charge in [0.2, 0.25) is 5.88 Å². The van der Waals surface area contributed by atoms with E-state index in [1.165, 1.54) is 12.8 Å². The van der Waals surface area contributed by atoms with E-state index in [1.54, 1.807) is 25.4 Å². The minimum absolute atomic E-state index is 0.0745. The maximum atomic E-state index is 12.1. The van der Waals surface area contributed by atoms with Crippen molar-refractivity contribution in [3.63, 3.8) is 0 Å². The predicted octanol–water partition coefficient (Wildman–Crippen LogP) is 3.81. The van der Waals surface area contributed by atoms with Gasteiger partial charge in [0.25, 0.3) is 0 Å². The number of aromatic nitrogens is 1. The van der Waals surface area contributed by atoms with Crippen LogP contribution in [0.4, 0.5) is 13.2 Å². The fraction of sp³-hybridized carbons (Fsp3) is 0.455. The van der Waals surface area contributed by atoms with E-state index in [0.717, 1.165) is 17.7 Å². The van der Waals surface area contributed by atoms with Gasteiger partial charge in [-0.2, -0.15) is 13.2 Å². The van der Waals surface area contributed by atoms with Crippen molar-refractivity contribution in [2.75, 3.05) is 20.3 Å². The molecule has 9 heteroatoms. The smallest absolute Gasteiger partial charge is 0.411 e. The first-order valence-corrected chi connectivity index (χ1v) is 10.2. The van der Waals surface area contributed by atoms with Gasteiger partial charge in [0, 0.05) is 32.4 Å². The first-order chi connectivity index (χ1) is 14.9.